The van der Waals surface area contributed by atoms with Crippen LogP contribution in [0.2, 0.25) is 15.1 Å². The van der Waals surface area contributed by atoms with E-state index in [1.165, 1.54) is 0 Å². The van der Waals surface area contributed by atoms with E-state index in [-0.39, 0.29) is 6.04 Å². The lowest BCUT2D eigenvalue weighted by molar-refractivity contribution is 0.552. The average molecular weight is 395 g/mol. The summed E-state index contributed by atoms with van der Waals surface area (Å²) in [6, 6.07) is 11.0. The van der Waals surface area contributed by atoms with Crippen LogP contribution in [-0.2, 0) is 6.42 Å². The zero-order valence-electron chi connectivity index (χ0n) is 10.3. The summed E-state index contributed by atoms with van der Waals surface area (Å²) in [5, 5.41) is 1.87. The van der Waals surface area contributed by atoms with Gasteiger partial charge in [-0.15, -0.1) is 0 Å². The minimum Gasteiger partial charge on any atom is -0.271 e. The summed E-state index contributed by atoms with van der Waals surface area (Å²) >= 11 is 21.7. The summed E-state index contributed by atoms with van der Waals surface area (Å²) in [4.78, 5) is 0. The van der Waals surface area contributed by atoms with Crippen LogP contribution in [0.4, 0.5) is 0 Å². The number of nitrogens with two attached hydrogens (primary N) is 1. The van der Waals surface area contributed by atoms with Crippen LogP contribution >= 0.6 is 50.7 Å². The molecule has 0 heterocycles. The molecule has 0 saturated heterocycles. The fraction of sp³-hybridized carbons (Fsp3) is 0.143. The molecule has 0 fully saturated rings. The van der Waals surface area contributed by atoms with Crippen molar-refractivity contribution >= 4 is 50.7 Å². The molecule has 20 heavy (non-hydrogen) atoms. The topological polar surface area (TPSA) is 38.0 Å². The van der Waals surface area contributed by atoms with Gasteiger partial charge in [0, 0.05) is 19.5 Å². The van der Waals surface area contributed by atoms with Crippen molar-refractivity contribution in [2.45, 2.75) is 12.5 Å². The summed E-state index contributed by atoms with van der Waals surface area (Å²) in [6.45, 7) is 0. The molecule has 1 atom stereocenters. The van der Waals surface area contributed by atoms with Crippen molar-refractivity contribution < 1.29 is 0 Å². The fourth-order valence-electron chi connectivity index (χ4n) is 1.95. The number of hydrazine groups is 1. The zero-order valence-corrected chi connectivity index (χ0v) is 14.2. The molecule has 2 aromatic carbocycles. The first-order valence-electron chi connectivity index (χ1n) is 5.86. The van der Waals surface area contributed by atoms with Gasteiger partial charge in [0.2, 0.25) is 0 Å². The lowest BCUT2D eigenvalue weighted by Gasteiger charge is -2.18. The predicted molar refractivity (Wildman–Crippen MR) is 89.4 cm³/mol. The van der Waals surface area contributed by atoms with Crippen molar-refractivity contribution in [3.63, 3.8) is 0 Å². The maximum atomic E-state index is 6.25. The van der Waals surface area contributed by atoms with E-state index in [0.29, 0.717) is 21.5 Å². The van der Waals surface area contributed by atoms with Crippen molar-refractivity contribution in [2.75, 3.05) is 0 Å². The highest BCUT2D eigenvalue weighted by Crippen LogP contribution is 2.30. The molecule has 2 rings (SSSR count). The van der Waals surface area contributed by atoms with E-state index in [0.717, 1.165) is 15.6 Å². The second kappa shape index (κ2) is 7.12. The van der Waals surface area contributed by atoms with E-state index in [2.05, 4.69) is 21.4 Å². The third-order valence-electron chi connectivity index (χ3n) is 2.98. The van der Waals surface area contributed by atoms with E-state index in [9.17, 15) is 0 Å². The molecular formula is C14H12BrCl3N2. The molecule has 3 N–H and O–H groups in total. The van der Waals surface area contributed by atoms with E-state index in [1.807, 2.05) is 24.3 Å². The Balaban J connectivity index is 2.28. The Morgan fingerprint density at radius 1 is 1.05 bits per heavy atom. The largest absolute Gasteiger partial charge is 0.271 e. The van der Waals surface area contributed by atoms with Gasteiger partial charge in [-0.3, -0.25) is 11.3 Å². The maximum Gasteiger partial charge on any atom is 0.0515 e. The minimum atomic E-state index is -0.130. The van der Waals surface area contributed by atoms with Crippen molar-refractivity contribution in [3.8, 4) is 0 Å². The monoisotopic (exact) mass is 392 g/mol. The van der Waals surface area contributed by atoms with Gasteiger partial charge in [-0.1, -0.05) is 62.9 Å². The lowest BCUT2D eigenvalue weighted by Crippen LogP contribution is -2.29. The smallest absolute Gasteiger partial charge is 0.0515 e. The van der Waals surface area contributed by atoms with Gasteiger partial charge in [0.25, 0.3) is 0 Å². The summed E-state index contributed by atoms with van der Waals surface area (Å²) in [5.41, 5.74) is 4.65. The Morgan fingerprint density at radius 3 is 2.40 bits per heavy atom. The summed E-state index contributed by atoms with van der Waals surface area (Å²) in [5.74, 6) is 5.65. The number of hydrogen-bond donors (Lipinski definition) is 2. The van der Waals surface area contributed by atoms with E-state index >= 15 is 0 Å². The van der Waals surface area contributed by atoms with Crippen molar-refractivity contribution in [2.24, 2.45) is 5.84 Å². The highest BCUT2D eigenvalue weighted by Gasteiger charge is 2.16. The summed E-state index contributed by atoms with van der Waals surface area (Å²) in [7, 11) is 0. The van der Waals surface area contributed by atoms with Crippen molar-refractivity contribution in [3.05, 3.63) is 67.1 Å². The predicted octanol–water partition coefficient (Wildman–Crippen LogP) is 5.16. The Morgan fingerprint density at radius 2 is 1.80 bits per heavy atom. The number of halogens is 4. The third kappa shape index (κ3) is 3.88. The van der Waals surface area contributed by atoms with Gasteiger partial charge < -0.3 is 0 Å². The Labute approximate surface area is 141 Å². The first kappa shape index (κ1) is 16.1. The normalized spacial score (nSPS) is 12.4. The molecule has 6 heteroatoms. The van der Waals surface area contributed by atoms with Crippen LogP contribution in [-0.4, -0.2) is 0 Å². The fourth-order valence-corrected chi connectivity index (χ4v) is 3.24. The molecule has 0 spiro atoms. The maximum absolute atomic E-state index is 6.25. The molecule has 0 radical (unpaired) electrons. The van der Waals surface area contributed by atoms with Crippen LogP contribution in [0.15, 0.2) is 40.9 Å². The summed E-state index contributed by atoms with van der Waals surface area (Å²) < 4.78 is 0.923. The van der Waals surface area contributed by atoms with Crippen LogP contribution in [0.5, 0.6) is 0 Å². The molecular weight excluding hydrogens is 382 g/mol. The quantitative estimate of drug-likeness (QED) is 0.555. The van der Waals surface area contributed by atoms with Gasteiger partial charge in [0.1, 0.15) is 0 Å². The second-order valence-corrected chi connectivity index (χ2v) is 6.49. The van der Waals surface area contributed by atoms with Crippen LogP contribution in [0.25, 0.3) is 0 Å². The van der Waals surface area contributed by atoms with Crippen LogP contribution in [0.1, 0.15) is 17.2 Å². The molecule has 0 saturated carbocycles. The summed E-state index contributed by atoms with van der Waals surface area (Å²) in [6.07, 6.45) is 0.619. The Hall–Kier alpha value is -0.290. The van der Waals surface area contributed by atoms with Crippen LogP contribution in [0.3, 0.4) is 0 Å². The molecule has 2 aromatic rings. The number of nitrogens with one attached hydrogen (secondary N) is 1. The highest BCUT2D eigenvalue weighted by molar-refractivity contribution is 9.10. The van der Waals surface area contributed by atoms with Crippen molar-refractivity contribution in [1.29, 1.82) is 0 Å². The van der Waals surface area contributed by atoms with Crippen LogP contribution < -0.4 is 11.3 Å². The van der Waals surface area contributed by atoms with E-state index in [1.54, 1.807) is 12.1 Å². The zero-order chi connectivity index (χ0) is 14.7. The van der Waals surface area contributed by atoms with Gasteiger partial charge >= 0.3 is 0 Å². The molecule has 0 aliphatic heterocycles. The molecule has 0 aliphatic rings. The number of hydrogen-bond acceptors (Lipinski definition) is 2. The molecule has 0 amide bonds. The van der Waals surface area contributed by atoms with Gasteiger partial charge in [0.15, 0.2) is 0 Å². The second-order valence-electron chi connectivity index (χ2n) is 4.32. The first-order valence-corrected chi connectivity index (χ1v) is 7.79. The minimum absolute atomic E-state index is 0.130. The van der Waals surface area contributed by atoms with Crippen molar-refractivity contribution in [1.82, 2.24) is 5.43 Å². The third-order valence-corrected chi connectivity index (χ3v) is 4.39. The first-order chi connectivity index (χ1) is 9.51. The van der Waals surface area contributed by atoms with Gasteiger partial charge in [-0.05, 0) is 41.8 Å². The molecule has 0 aliphatic carbocycles. The van der Waals surface area contributed by atoms with Crippen LogP contribution in [0, 0.1) is 0 Å². The van der Waals surface area contributed by atoms with Gasteiger partial charge in [-0.25, -0.2) is 0 Å². The molecule has 0 aromatic heterocycles. The molecule has 1 unspecified atom stereocenters. The molecule has 2 nitrogen and oxygen atoms in total. The number of benzene rings is 2. The Kier molecular flexibility index (Phi) is 5.73. The molecule has 106 valence electrons. The standard InChI is InChI=1S/C14H12BrCl3N2/c15-9-2-4-11(13(18)6-9)14(20-19)5-8-1-3-10(16)7-12(8)17/h1-4,6-7,14,20H,5,19H2. The Bertz CT molecular complexity index is 619. The number of rotatable bonds is 4. The van der Waals surface area contributed by atoms with E-state index in [4.69, 9.17) is 40.6 Å². The molecule has 0 bridgehead atoms. The lowest BCUT2D eigenvalue weighted by atomic mass is 9.99. The van der Waals surface area contributed by atoms with E-state index < -0.39 is 0 Å². The van der Waals surface area contributed by atoms with Gasteiger partial charge in [-0.2, -0.15) is 0 Å². The SMILES string of the molecule is NNC(Cc1ccc(Cl)cc1Cl)c1ccc(Br)cc1Cl. The van der Waals surface area contributed by atoms with Gasteiger partial charge in [0.05, 0.1) is 6.04 Å². The highest BCUT2D eigenvalue weighted by atomic mass is 79.9. The average Bonchev–Trinajstić information content (AvgIpc) is 2.39.